The summed E-state index contributed by atoms with van der Waals surface area (Å²) in [6.07, 6.45) is 3.38. The molecule has 1 atom stereocenters. The molecule has 1 amide bonds. The number of imidazole rings is 1. The zero-order valence-corrected chi connectivity index (χ0v) is 12.2. The first kappa shape index (κ1) is 13.3. The first-order valence-corrected chi connectivity index (χ1v) is 7.67. The Labute approximate surface area is 121 Å². The number of carbonyl (C=O) groups excluding carboxylic acids is 1. The van der Waals surface area contributed by atoms with Gasteiger partial charge in [-0.2, -0.15) is 0 Å². The van der Waals surface area contributed by atoms with Crippen molar-refractivity contribution in [2.45, 2.75) is 38.9 Å². The Morgan fingerprint density at radius 3 is 3.15 bits per heavy atom. The van der Waals surface area contributed by atoms with Gasteiger partial charge in [0.1, 0.15) is 0 Å². The van der Waals surface area contributed by atoms with E-state index in [2.05, 4.69) is 39.7 Å². The van der Waals surface area contributed by atoms with Crippen molar-refractivity contribution in [3.63, 3.8) is 0 Å². The summed E-state index contributed by atoms with van der Waals surface area (Å²) in [7, 11) is 0. The lowest BCUT2D eigenvalue weighted by molar-refractivity contribution is -0.123. The minimum Gasteiger partial charge on any atom is -0.350 e. The van der Waals surface area contributed by atoms with Crippen LogP contribution in [0, 0.1) is 0 Å². The maximum atomic E-state index is 12.2. The number of carbonyl (C=O) groups is 1. The molecular weight excluding hydrogens is 272 g/mol. The number of aromatic nitrogens is 2. The van der Waals surface area contributed by atoms with E-state index in [0.29, 0.717) is 19.5 Å². The summed E-state index contributed by atoms with van der Waals surface area (Å²) in [5, 5.41) is 6.23. The molecular formula is C14H18N4OS. The Morgan fingerprint density at radius 1 is 1.50 bits per heavy atom. The maximum absolute atomic E-state index is 12.2. The van der Waals surface area contributed by atoms with E-state index in [1.807, 2.05) is 0 Å². The molecule has 0 aromatic carbocycles. The maximum Gasteiger partial charge on any atom is 0.237 e. The summed E-state index contributed by atoms with van der Waals surface area (Å²) < 4.78 is 0. The normalized spacial score (nSPS) is 17.8. The monoisotopic (exact) mass is 290 g/mol. The predicted octanol–water partition coefficient (Wildman–Crippen LogP) is 1.36. The lowest BCUT2D eigenvalue weighted by Crippen LogP contribution is -2.47. The molecule has 1 aliphatic heterocycles. The number of nitrogens with zero attached hydrogens (tertiary/aromatic N) is 1. The number of nitrogens with one attached hydrogen (secondary N) is 3. The van der Waals surface area contributed by atoms with Crippen molar-refractivity contribution in [3.05, 3.63) is 39.6 Å². The van der Waals surface area contributed by atoms with Crippen LogP contribution in [-0.2, 0) is 30.7 Å². The van der Waals surface area contributed by atoms with E-state index in [-0.39, 0.29) is 11.9 Å². The van der Waals surface area contributed by atoms with Gasteiger partial charge in [0.2, 0.25) is 5.91 Å². The topological polar surface area (TPSA) is 69.8 Å². The van der Waals surface area contributed by atoms with Crippen LogP contribution in [0.3, 0.4) is 0 Å². The van der Waals surface area contributed by atoms with Crippen LogP contribution in [0.4, 0.5) is 0 Å². The Balaban J connectivity index is 1.55. The number of H-pyrrole nitrogens is 1. The first-order valence-electron chi connectivity index (χ1n) is 6.86. The highest BCUT2D eigenvalue weighted by Crippen LogP contribution is 2.17. The number of thiophene rings is 1. The molecule has 0 saturated carbocycles. The van der Waals surface area contributed by atoms with E-state index < -0.39 is 0 Å². The first-order chi connectivity index (χ1) is 9.76. The van der Waals surface area contributed by atoms with Crippen molar-refractivity contribution in [2.75, 3.05) is 0 Å². The lowest BCUT2D eigenvalue weighted by atomic mass is 10.0. The van der Waals surface area contributed by atoms with Gasteiger partial charge in [0.25, 0.3) is 0 Å². The third kappa shape index (κ3) is 2.76. The average Bonchev–Trinajstić information content (AvgIpc) is 3.12. The van der Waals surface area contributed by atoms with Gasteiger partial charge in [0, 0.05) is 22.7 Å². The van der Waals surface area contributed by atoms with Gasteiger partial charge >= 0.3 is 0 Å². The Hall–Kier alpha value is -1.66. The van der Waals surface area contributed by atoms with Gasteiger partial charge in [-0.05, 0) is 18.6 Å². The smallest absolute Gasteiger partial charge is 0.237 e. The summed E-state index contributed by atoms with van der Waals surface area (Å²) in [4.78, 5) is 22.1. The highest BCUT2D eigenvalue weighted by molar-refractivity contribution is 7.11. The highest BCUT2D eigenvalue weighted by Gasteiger charge is 2.25. The number of amides is 1. The zero-order valence-electron chi connectivity index (χ0n) is 11.4. The van der Waals surface area contributed by atoms with E-state index in [0.717, 1.165) is 17.8 Å². The fourth-order valence-corrected chi connectivity index (χ4v) is 3.26. The SMILES string of the molecule is CCc1ccc(CNC(=O)C2Cc3nc[nH]c3CN2)s1. The minimum absolute atomic E-state index is 0.0464. The molecule has 0 radical (unpaired) electrons. The summed E-state index contributed by atoms with van der Waals surface area (Å²) in [6, 6.07) is 4.03. The van der Waals surface area contributed by atoms with Crippen LogP contribution in [0.15, 0.2) is 18.5 Å². The van der Waals surface area contributed by atoms with Crippen LogP contribution in [-0.4, -0.2) is 21.9 Å². The molecule has 2 aromatic heterocycles. The molecule has 20 heavy (non-hydrogen) atoms. The number of fused-ring (bicyclic) bond motifs is 1. The van der Waals surface area contributed by atoms with Crippen molar-refractivity contribution in [1.82, 2.24) is 20.6 Å². The highest BCUT2D eigenvalue weighted by atomic mass is 32.1. The van der Waals surface area contributed by atoms with Crippen LogP contribution in [0.25, 0.3) is 0 Å². The van der Waals surface area contributed by atoms with Crippen LogP contribution in [0.2, 0.25) is 0 Å². The van der Waals surface area contributed by atoms with E-state index in [1.54, 1.807) is 17.7 Å². The van der Waals surface area contributed by atoms with Crippen molar-refractivity contribution < 1.29 is 4.79 Å². The summed E-state index contributed by atoms with van der Waals surface area (Å²) in [5.74, 6) is 0.0464. The van der Waals surface area contributed by atoms with Gasteiger partial charge in [-0.3, -0.25) is 10.1 Å². The second-order valence-electron chi connectivity index (χ2n) is 4.90. The average molecular weight is 290 g/mol. The van der Waals surface area contributed by atoms with Gasteiger partial charge in [-0.25, -0.2) is 4.98 Å². The largest absolute Gasteiger partial charge is 0.350 e. The lowest BCUT2D eigenvalue weighted by Gasteiger charge is -2.22. The summed E-state index contributed by atoms with van der Waals surface area (Å²) in [6.45, 7) is 3.42. The predicted molar refractivity (Wildman–Crippen MR) is 78.5 cm³/mol. The van der Waals surface area contributed by atoms with Crippen molar-refractivity contribution in [1.29, 1.82) is 0 Å². The van der Waals surface area contributed by atoms with Crippen molar-refractivity contribution in [2.24, 2.45) is 0 Å². The third-order valence-corrected chi connectivity index (χ3v) is 4.78. The number of rotatable bonds is 4. The van der Waals surface area contributed by atoms with Crippen LogP contribution in [0.5, 0.6) is 0 Å². The van der Waals surface area contributed by atoms with E-state index in [1.165, 1.54) is 9.75 Å². The van der Waals surface area contributed by atoms with Gasteiger partial charge in [0.05, 0.1) is 30.3 Å². The zero-order chi connectivity index (χ0) is 13.9. The number of hydrogen-bond acceptors (Lipinski definition) is 4. The molecule has 1 unspecified atom stereocenters. The van der Waals surface area contributed by atoms with Crippen LogP contribution >= 0.6 is 11.3 Å². The standard InChI is InChI=1S/C14H18N4OS/c1-2-9-3-4-10(20-9)6-16-14(19)12-5-11-13(7-15-12)18-8-17-11/h3-4,8,12,15H,2,5-7H2,1H3,(H,16,19)(H,17,18). The molecule has 3 rings (SSSR count). The fraction of sp³-hybridized carbons (Fsp3) is 0.429. The number of hydrogen-bond donors (Lipinski definition) is 3. The van der Waals surface area contributed by atoms with Gasteiger partial charge in [0.15, 0.2) is 0 Å². The molecule has 3 N–H and O–H groups in total. The molecule has 106 valence electrons. The van der Waals surface area contributed by atoms with Gasteiger partial charge in [-0.15, -0.1) is 11.3 Å². The molecule has 0 aliphatic carbocycles. The minimum atomic E-state index is -0.184. The molecule has 0 bridgehead atoms. The third-order valence-electron chi connectivity index (χ3n) is 3.55. The second-order valence-corrected chi connectivity index (χ2v) is 6.16. The Bertz CT molecular complexity index is 604. The summed E-state index contributed by atoms with van der Waals surface area (Å²) >= 11 is 1.76. The van der Waals surface area contributed by atoms with Crippen LogP contribution < -0.4 is 10.6 Å². The molecule has 6 heteroatoms. The fourth-order valence-electron chi connectivity index (χ4n) is 2.36. The quantitative estimate of drug-likeness (QED) is 0.796. The van der Waals surface area contributed by atoms with E-state index in [4.69, 9.17) is 0 Å². The number of aryl methyl sites for hydroxylation is 1. The molecule has 2 aromatic rings. The number of aromatic amines is 1. The Kier molecular flexibility index (Phi) is 3.84. The van der Waals surface area contributed by atoms with E-state index in [9.17, 15) is 4.79 Å². The van der Waals surface area contributed by atoms with Crippen LogP contribution in [0.1, 0.15) is 28.1 Å². The molecule has 0 saturated heterocycles. The van der Waals surface area contributed by atoms with E-state index >= 15 is 0 Å². The van der Waals surface area contributed by atoms with Crippen molar-refractivity contribution >= 4 is 17.2 Å². The molecule has 0 fully saturated rings. The summed E-state index contributed by atoms with van der Waals surface area (Å²) in [5.41, 5.74) is 2.08. The van der Waals surface area contributed by atoms with Gasteiger partial charge < -0.3 is 10.3 Å². The molecule has 1 aliphatic rings. The second kappa shape index (κ2) is 5.76. The molecule has 3 heterocycles. The Morgan fingerprint density at radius 2 is 2.35 bits per heavy atom. The molecule has 5 nitrogen and oxygen atoms in total. The van der Waals surface area contributed by atoms with Gasteiger partial charge in [-0.1, -0.05) is 6.92 Å². The molecule has 0 spiro atoms. The van der Waals surface area contributed by atoms with Crippen molar-refractivity contribution in [3.8, 4) is 0 Å².